The number of carbonyl (C=O) groups excluding carboxylic acids is 1. The molecular weight excluding hydrogens is 236 g/mol. The predicted molar refractivity (Wildman–Crippen MR) is 62.0 cm³/mol. The highest BCUT2D eigenvalue weighted by molar-refractivity contribution is 5.92. The van der Waals surface area contributed by atoms with Gasteiger partial charge >= 0.3 is 5.97 Å². The van der Waals surface area contributed by atoms with Crippen molar-refractivity contribution in [3.05, 3.63) is 11.9 Å². The molecule has 1 aliphatic heterocycles. The van der Waals surface area contributed by atoms with E-state index in [9.17, 15) is 9.59 Å². The average molecular weight is 252 g/mol. The molecule has 0 unspecified atom stereocenters. The molecule has 1 fully saturated rings. The first-order valence-electron chi connectivity index (χ1n) is 5.79. The van der Waals surface area contributed by atoms with Crippen LogP contribution >= 0.6 is 0 Å². The first-order valence-corrected chi connectivity index (χ1v) is 5.79. The van der Waals surface area contributed by atoms with Crippen molar-refractivity contribution in [2.24, 2.45) is 5.41 Å². The molecule has 7 nitrogen and oxygen atoms in total. The summed E-state index contributed by atoms with van der Waals surface area (Å²) in [5.41, 5.74) is 0.334. The summed E-state index contributed by atoms with van der Waals surface area (Å²) in [7, 11) is 0. The molecule has 2 rings (SSSR count). The normalized spacial score (nSPS) is 18.0. The van der Waals surface area contributed by atoms with Crippen LogP contribution in [0.2, 0.25) is 0 Å². The molecule has 7 heteroatoms. The third-order valence-corrected chi connectivity index (χ3v) is 3.02. The fourth-order valence-electron chi connectivity index (χ4n) is 2.06. The smallest absolute Gasteiger partial charge is 0.325 e. The van der Waals surface area contributed by atoms with Gasteiger partial charge in [0.1, 0.15) is 6.54 Å². The van der Waals surface area contributed by atoms with Crippen LogP contribution in [0.4, 0.5) is 0 Å². The van der Waals surface area contributed by atoms with Crippen LogP contribution in [0.25, 0.3) is 0 Å². The van der Waals surface area contributed by atoms with Gasteiger partial charge in [-0.1, -0.05) is 19.1 Å². The van der Waals surface area contributed by atoms with Gasteiger partial charge in [0.2, 0.25) is 0 Å². The fourth-order valence-corrected chi connectivity index (χ4v) is 2.06. The summed E-state index contributed by atoms with van der Waals surface area (Å²) in [5.74, 6) is -1.20. The van der Waals surface area contributed by atoms with Crippen LogP contribution in [-0.4, -0.2) is 50.0 Å². The minimum absolute atomic E-state index is 0.132. The number of carboxylic acids is 1. The molecule has 1 amide bonds. The molecular formula is C11H16N4O3. The van der Waals surface area contributed by atoms with E-state index in [4.69, 9.17) is 5.11 Å². The molecule has 1 saturated heterocycles. The van der Waals surface area contributed by atoms with Crippen LogP contribution in [0.5, 0.6) is 0 Å². The van der Waals surface area contributed by atoms with E-state index < -0.39 is 5.97 Å². The number of hydrogen-bond donors (Lipinski definition) is 1. The van der Waals surface area contributed by atoms with E-state index in [0.717, 1.165) is 11.1 Å². The molecule has 0 radical (unpaired) electrons. The van der Waals surface area contributed by atoms with Gasteiger partial charge in [-0.05, 0) is 11.8 Å². The first kappa shape index (κ1) is 12.5. The zero-order valence-electron chi connectivity index (χ0n) is 10.5. The minimum atomic E-state index is -1.01. The van der Waals surface area contributed by atoms with E-state index in [-0.39, 0.29) is 23.6 Å². The number of aliphatic carboxylic acids is 1. The Hall–Kier alpha value is -1.92. The lowest BCUT2D eigenvalue weighted by molar-refractivity contribution is -0.137. The van der Waals surface area contributed by atoms with Gasteiger partial charge in [-0.2, -0.15) is 0 Å². The van der Waals surface area contributed by atoms with E-state index in [1.54, 1.807) is 4.90 Å². The molecule has 18 heavy (non-hydrogen) atoms. The maximum Gasteiger partial charge on any atom is 0.325 e. The molecule has 0 spiro atoms. The Bertz CT molecular complexity index is 480. The molecule has 0 aliphatic carbocycles. The van der Waals surface area contributed by atoms with E-state index in [2.05, 4.69) is 24.2 Å². The molecule has 0 aromatic carbocycles. The van der Waals surface area contributed by atoms with Gasteiger partial charge in [0.05, 0.1) is 6.20 Å². The van der Waals surface area contributed by atoms with Crippen LogP contribution in [0.1, 0.15) is 30.8 Å². The molecule has 1 N–H and O–H groups in total. The first-order chi connectivity index (χ1) is 8.37. The molecule has 0 bridgehead atoms. The van der Waals surface area contributed by atoms with Crippen molar-refractivity contribution in [2.45, 2.75) is 26.8 Å². The molecule has 1 aliphatic rings. The highest BCUT2D eigenvalue weighted by Gasteiger charge is 2.33. The second-order valence-corrected chi connectivity index (χ2v) is 5.34. The number of carboxylic acid groups (broad SMARTS) is 1. The number of nitrogens with zero attached hydrogens (tertiary/aromatic N) is 4. The number of aromatic nitrogens is 3. The van der Waals surface area contributed by atoms with Crippen molar-refractivity contribution in [3.63, 3.8) is 0 Å². The minimum Gasteiger partial charge on any atom is -0.480 e. The Morgan fingerprint density at radius 1 is 1.50 bits per heavy atom. The number of carbonyl (C=O) groups is 2. The van der Waals surface area contributed by atoms with Crippen LogP contribution < -0.4 is 0 Å². The largest absolute Gasteiger partial charge is 0.480 e. The Morgan fingerprint density at radius 3 is 2.78 bits per heavy atom. The van der Waals surface area contributed by atoms with Gasteiger partial charge in [0.15, 0.2) is 5.69 Å². The molecule has 2 heterocycles. The van der Waals surface area contributed by atoms with Crippen molar-refractivity contribution < 1.29 is 14.7 Å². The number of rotatable bonds is 3. The highest BCUT2D eigenvalue weighted by Crippen LogP contribution is 2.29. The van der Waals surface area contributed by atoms with Gasteiger partial charge in [-0.15, -0.1) is 5.10 Å². The SMILES string of the molecule is CC1(C)CCN(C(=O)c2cn(CC(=O)O)nn2)C1. The van der Waals surface area contributed by atoms with Crippen molar-refractivity contribution in [1.29, 1.82) is 0 Å². The summed E-state index contributed by atoms with van der Waals surface area (Å²) in [4.78, 5) is 24.3. The van der Waals surface area contributed by atoms with Crippen molar-refractivity contribution in [2.75, 3.05) is 13.1 Å². The van der Waals surface area contributed by atoms with E-state index in [1.165, 1.54) is 6.20 Å². The Kier molecular flexibility index (Phi) is 3.06. The number of hydrogen-bond acceptors (Lipinski definition) is 4. The van der Waals surface area contributed by atoms with Crippen LogP contribution in [-0.2, 0) is 11.3 Å². The van der Waals surface area contributed by atoms with Crippen molar-refractivity contribution in [3.8, 4) is 0 Å². The Balaban J connectivity index is 2.05. The molecule has 1 aromatic rings. The lowest BCUT2D eigenvalue weighted by Crippen LogP contribution is -2.30. The highest BCUT2D eigenvalue weighted by atomic mass is 16.4. The zero-order chi connectivity index (χ0) is 13.3. The summed E-state index contributed by atoms with van der Waals surface area (Å²) in [6, 6.07) is 0. The average Bonchev–Trinajstić information content (AvgIpc) is 2.83. The van der Waals surface area contributed by atoms with E-state index in [1.807, 2.05) is 0 Å². The Labute approximate surface area is 104 Å². The summed E-state index contributed by atoms with van der Waals surface area (Å²) >= 11 is 0. The summed E-state index contributed by atoms with van der Waals surface area (Å²) in [6.07, 6.45) is 2.34. The van der Waals surface area contributed by atoms with Gasteiger partial charge in [0, 0.05) is 13.1 Å². The van der Waals surface area contributed by atoms with Crippen LogP contribution in [0.15, 0.2) is 6.20 Å². The van der Waals surface area contributed by atoms with Gasteiger partial charge in [0.25, 0.3) is 5.91 Å². The van der Waals surface area contributed by atoms with Crippen molar-refractivity contribution in [1.82, 2.24) is 19.9 Å². The van der Waals surface area contributed by atoms with Crippen LogP contribution in [0.3, 0.4) is 0 Å². The van der Waals surface area contributed by atoms with Gasteiger partial charge in [-0.3, -0.25) is 9.59 Å². The molecule has 0 saturated carbocycles. The molecule has 1 aromatic heterocycles. The third kappa shape index (κ3) is 2.66. The second kappa shape index (κ2) is 4.40. The monoisotopic (exact) mass is 252 g/mol. The van der Waals surface area contributed by atoms with E-state index in [0.29, 0.717) is 13.1 Å². The lowest BCUT2D eigenvalue weighted by Gasteiger charge is -2.18. The maximum atomic E-state index is 12.1. The second-order valence-electron chi connectivity index (χ2n) is 5.34. The topological polar surface area (TPSA) is 88.3 Å². The number of amides is 1. The lowest BCUT2D eigenvalue weighted by atomic mass is 9.93. The fraction of sp³-hybridized carbons (Fsp3) is 0.636. The molecule has 0 atom stereocenters. The summed E-state index contributed by atoms with van der Waals surface area (Å²) < 4.78 is 1.15. The maximum absolute atomic E-state index is 12.1. The third-order valence-electron chi connectivity index (χ3n) is 3.02. The van der Waals surface area contributed by atoms with E-state index >= 15 is 0 Å². The standard InChI is InChI=1S/C11H16N4O3/c1-11(2)3-4-14(7-11)10(18)8-5-15(13-12-8)6-9(16)17/h5H,3-4,6-7H2,1-2H3,(H,16,17). The predicted octanol–water partition coefficient (Wildman–Crippen LogP) is 0.235. The summed E-state index contributed by atoms with van der Waals surface area (Å²) in [5, 5.41) is 16.0. The number of likely N-dealkylation sites (tertiary alicyclic amines) is 1. The quantitative estimate of drug-likeness (QED) is 0.832. The van der Waals surface area contributed by atoms with Gasteiger partial charge < -0.3 is 10.0 Å². The molecule has 98 valence electrons. The van der Waals surface area contributed by atoms with Crippen molar-refractivity contribution >= 4 is 11.9 Å². The van der Waals surface area contributed by atoms with Crippen LogP contribution in [0, 0.1) is 5.41 Å². The van der Waals surface area contributed by atoms with Gasteiger partial charge in [-0.25, -0.2) is 4.68 Å². The Morgan fingerprint density at radius 2 is 2.22 bits per heavy atom. The zero-order valence-corrected chi connectivity index (χ0v) is 10.5. The summed E-state index contributed by atoms with van der Waals surface area (Å²) in [6.45, 7) is 5.34.